The molecule has 2 aromatic rings. The molecule has 1 aliphatic heterocycles. The second-order valence-corrected chi connectivity index (χ2v) is 6.86. The van der Waals surface area contributed by atoms with Crippen LogP contribution in [0.4, 0.5) is 5.69 Å². The highest BCUT2D eigenvalue weighted by molar-refractivity contribution is 6.09. The van der Waals surface area contributed by atoms with Gasteiger partial charge in [-0.3, -0.25) is 9.59 Å². The Morgan fingerprint density at radius 3 is 2.79 bits per heavy atom. The first-order valence-corrected chi connectivity index (χ1v) is 9.70. The monoisotopic (exact) mass is 394 g/mol. The summed E-state index contributed by atoms with van der Waals surface area (Å²) < 4.78 is 10.9. The molecule has 0 spiro atoms. The van der Waals surface area contributed by atoms with E-state index < -0.39 is 0 Å². The van der Waals surface area contributed by atoms with Gasteiger partial charge in [0.2, 0.25) is 0 Å². The van der Waals surface area contributed by atoms with Crippen LogP contribution in [0.1, 0.15) is 39.1 Å². The maximum Gasteiger partial charge on any atom is 0.255 e. The maximum absolute atomic E-state index is 12.8. The van der Waals surface area contributed by atoms with Crippen LogP contribution >= 0.6 is 0 Å². The van der Waals surface area contributed by atoms with E-state index in [4.69, 9.17) is 9.47 Å². The van der Waals surface area contributed by atoms with Crippen LogP contribution in [0.15, 0.2) is 55.1 Å². The number of carbonyl (C=O) groups is 2. The minimum atomic E-state index is -0.294. The average Bonchev–Trinajstić information content (AvgIpc) is 3.26. The molecule has 1 aliphatic rings. The van der Waals surface area contributed by atoms with Crippen molar-refractivity contribution in [3.8, 4) is 5.75 Å². The summed E-state index contributed by atoms with van der Waals surface area (Å²) in [6.45, 7) is 4.94. The molecule has 0 unspecified atom stereocenters. The van der Waals surface area contributed by atoms with E-state index in [1.165, 1.54) is 0 Å². The van der Waals surface area contributed by atoms with Crippen molar-refractivity contribution >= 4 is 17.5 Å². The van der Waals surface area contributed by atoms with Crippen molar-refractivity contribution in [2.75, 3.05) is 25.6 Å². The fourth-order valence-corrected chi connectivity index (χ4v) is 3.33. The van der Waals surface area contributed by atoms with Crippen LogP contribution in [0.25, 0.3) is 0 Å². The fraction of sp³-hybridized carbons (Fsp3) is 0.304. The summed E-state index contributed by atoms with van der Waals surface area (Å²) in [5.41, 5.74) is 2.23. The van der Waals surface area contributed by atoms with E-state index in [-0.39, 0.29) is 17.9 Å². The van der Waals surface area contributed by atoms with Crippen molar-refractivity contribution in [2.24, 2.45) is 0 Å². The number of benzene rings is 2. The average molecular weight is 394 g/mol. The minimum absolute atomic E-state index is 0.0586. The van der Waals surface area contributed by atoms with E-state index in [1.54, 1.807) is 55.7 Å². The van der Waals surface area contributed by atoms with Crippen LogP contribution < -0.4 is 15.4 Å². The minimum Gasteiger partial charge on any atom is -0.496 e. The van der Waals surface area contributed by atoms with Gasteiger partial charge in [0.1, 0.15) is 5.75 Å². The maximum atomic E-state index is 12.8. The van der Waals surface area contributed by atoms with Gasteiger partial charge in [-0.25, -0.2) is 0 Å². The molecule has 1 heterocycles. The first-order valence-electron chi connectivity index (χ1n) is 9.70. The zero-order chi connectivity index (χ0) is 20.6. The molecule has 1 fully saturated rings. The molecule has 29 heavy (non-hydrogen) atoms. The second-order valence-electron chi connectivity index (χ2n) is 6.86. The zero-order valence-corrected chi connectivity index (χ0v) is 16.6. The molecule has 0 radical (unpaired) electrons. The lowest BCUT2D eigenvalue weighted by molar-refractivity contribution is 0.0858. The summed E-state index contributed by atoms with van der Waals surface area (Å²) in [5.74, 6) is 0.172. The zero-order valence-electron chi connectivity index (χ0n) is 16.6. The molecule has 0 bridgehead atoms. The number of allylic oxidation sites excluding steroid dienone is 1. The smallest absolute Gasteiger partial charge is 0.255 e. The molecule has 6 nitrogen and oxygen atoms in total. The Labute approximate surface area is 170 Å². The van der Waals surface area contributed by atoms with Gasteiger partial charge < -0.3 is 20.1 Å². The summed E-state index contributed by atoms with van der Waals surface area (Å²) in [7, 11) is 1.59. The fourth-order valence-electron chi connectivity index (χ4n) is 3.33. The Morgan fingerprint density at radius 1 is 1.24 bits per heavy atom. The number of amides is 2. The summed E-state index contributed by atoms with van der Waals surface area (Å²) in [5, 5.41) is 5.74. The van der Waals surface area contributed by atoms with Gasteiger partial charge >= 0.3 is 0 Å². The van der Waals surface area contributed by atoms with Gasteiger partial charge in [0.25, 0.3) is 11.8 Å². The van der Waals surface area contributed by atoms with Gasteiger partial charge in [-0.1, -0.05) is 18.2 Å². The quantitative estimate of drug-likeness (QED) is 0.671. The highest BCUT2D eigenvalue weighted by Gasteiger charge is 2.19. The molecular formula is C23H26N2O4. The number of hydrogen-bond acceptors (Lipinski definition) is 4. The van der Waals surface area contributed by atoms with Crippen molar-refractivity contribution in [2.45, 2.75) is 25.4 Å². The van der Waals surface area contributed by atoms with Crippen LogP contribution in [0.2, 0.25) is 0 Å². The van der Waals surface area contributed by atoms with E-state index in [9.17, 15) is 9.59 Å². The summed E-state index contributed by atoms with van der Waals surface area (Å²) >= 11 is 0. The Kier molecular flexibility index (Phi) is 7.03. The molecule has 2 N–H and O–H groups in total. The predicted molar refractivity (Wildman–Crippen MR) is 113 cm³/mol. The number of anilines is 1. The standard InChI is InChI=1S/C23H26N2O4/c1-3-7-16-14-17(11-12-21(16)28-2)22(26)25-20-10-5-4-9-19(20)23(27)24-15-18-8-6-13-29-18/h3-5,9-12,14,18H,1,6-8,13,15H2,2H3,(H,24,27)(H,25,26)/t18-/m1/s1. The third-order valence-corrected chi connectivity index (χ3v) is 4.84. The van der Waals surface area contributed by atoms with Gasteiger partial charge in [-0.05, 0) is 55.2 Å². The van der Waals surface area contributed by atoms with Crippen molar-refractivity contribution in [1.29, 1.82) is 0 Å². The second kappa shape index (κ2) is 9.89. The molecule has 2 amide bonds. The topological polar surface area (TPSA) is 76.7 Å². The van der Waals surface area contributed by atoms with Gasteiger partial charge in [-0.15, -0.1) is 6.58 Å². The summed E-state index contributed by atoms with van der Waals surface area (Å²) in [6, 6.07) is 12.2. The molecule has 1 saturated heterocycles. The third-order valence-electron chi connectivity index (χ3n) is 4.84. The summed E-state index contributed by atoms with van der Waals surface area (Å²) in [6.07, 6.45) is 4.37. The predicted octanol–water partition coefficient (Wildman–Crippen LogP) is 3.58. The first-order chi connectivity index (χ1) is 14.1. The Hall–Kier alpha value is -3.12. The third kappa shape index (κ3) is 5.23. The molecule has 152 valence electrons. The molecule has 1 atom stereocenters. The van der Waals surface area contributed by atoms with Gasteiger partial charge in [0.15, 0.2) is 0 Å². The number of para-hydroxylation sites is 1. The van der Waals surface area contributed by atoms with E-state index >= 15 is 0 Å². The van der Waals surface area contributed by atoms with E-state index in [2.05, 4.69) is 17.2 Å². The van der Waals surface area contributed by atoms with Gasteiger partial charge in [0, 0.05) is 18.7 Å². The van der Waals surface area contributed by atoms with E-state index in [0.717, 1.165) is 25.0 Å². The number of rotatable bonds is 8. The first kappa shape index (κ1) is 20.6. The SMILES string of the molecule is C=CCc1cc(C(=O)Nc2ccccc2C(=O)NC[C@H]2CCCO2)ccc1OC. The lowest BCUT2D eigenvalue weighted by Gasteiger charge is -2.14. The molecule has 3 rings (SSSR count). The van der Waals surface area contributed by atoms with Crippen LogP contribution in [-0.2, 0) is 11.2 Å². The largest absolute Gasteiger partial charge is 0.496 e. The lowest BCUT2D eigenvalue weighted by Crippen LogP contribution is -2.32. The van der Waals surface area contributed by atoms with E-state index in [0.29, 0.717) is 35.5 Å². The molecule has 0 saturated carbocycles. The highest BCUT2D eigenvalue weighted by atomic mass is 16.5. The van der Waals surface area contributed by atoms with Crippen molar-refractivity contribution in [3.63, 3.8) is 0 Å². The van der Waals surface area contributed by atoms with Crippen LogP contribution in [-0.4, -0.2) is 38.2 Å². The summed E-state index contributed by atoms with van der Waals surface area (Å²) in [4.78, 5) is 25.4. The van der Waals surface area contributed by atoms with Crippen molar-refractivity contribution < 1.29 is 19.1 Å². The molecular weight excluding hydrogens is 368 g/mol. The normalized spacial score (nSPS) is 15.6. The molecule has 6 heteroatoms. The molecule has 2 aromatic carbocycles. The van der Waals surface area contributed by atoms with E-state index in [1.807, 2.05) is 0 Å². The highest BCUT2D eigenvalue weighted by Crippen LogP contribution is 2.22. The Bertz CT molecular complexity index is 888. The van der Waals surface area contributed by atoms with Crippen LogP contribution in [0.5, 0.6) is 5.75 Å². The van der Waals surface area contributed by atoms with Crippen molar-refractivity contribution in [3.05, 3.63) is 71.8 Å². The number of nitrogens with one attached hydrogen (secondary N) is 2. The van der Waals surface area contributed by atoms with Gasteiger partial charge in [0.05, 0.1) is 24.5 Å². The van der Waals surface area contributed by atoms with Crippen molar-refractivity contribution in [1.82, 2.24) is 5.32 Å². The van der Waals surface area contributed by atoms with Crippen LogP contribution in [0.3, 0.4) is 0 Å². The molecule has 0 aromatic heterocycles. The number of ether oxygens (including phenoxy) is 2. The van der Waals surface area contributed by atoms with Gasteiger partial charge in [-0.2, -0.15) is 0 Å². The Balaban J connectivity index is 1.72. The number of methoxy groups -OCH3 is 1. The van der Waals surface area contributed by atoms with Crippen LogP contribution in [0, 0.1) is 0 Å². The molecule has 0 aliphatic carbocycles. The lowest BCUT2D eigenvalue weighted by atomic mass is 10.1. The number of hydrogen-bond donors (Lipinski definition) is 2. The Morgan fingerprint density at radius 2 is 2.07 bits per heavy atom. The number of carbonyl (C=O) groups excluding carboxylic acids is 2.